The van der Waals surface area contributed by atoms with Crippen molar-refractivity contribution >= 4 is 21.8 Å². The van der Waals surface area contributed by atoms with Gasteiger partial charge in [0.05, 0.1) is 24.3 Å². The molecule has 0 bridgehead atoms. The molecule has 34 heavy (non-hydrogen) atoms. The van der Waals surface area contributed by atoms with Gasteiger partial charge in [0.1, 0.15) is 0 Å². The molecule has 196 valence electrons. The number of hydrogen-bond donors (Lipinski definition) is 0. The fraction of sp³-hybridized carbons (Fsp3) is 0.923. The number of unbranched alkanes of at least 4 members (excludes halogenated alkanes) is 6. The van der Waals surface area contributed by atoms with Gasteiger partial charge >= 0.3 is 0 Å². The van der Waals surface area contributed by atoms with Crippen LogP contribution in [-0.2, 0) is 19.6 Å². The SMILES string of the molecule is CCC[C@H]1C(=O)N(S(C)(=O)=O)[C@H]2CCN(C(=O)CCCCCCCCCN3CCCCCC3)[C@H]12. The Balaban J connectivity index is 1.33. The minimum Gasteiger partial charge on any atom is -0.337 e. The van der Waals surface area contributed by atoms with Crippen molar-refractivity contribution in [2.75, 3.05) is 32.4 Å². The molecule has 3 fully saturated rings. The first-order valence-corrected chi connectivity index (χ1v) is 15.7. The lowest BCUT2D eigenvalue weighted by Crippen LogP contribution is -2.43. The van der Waals surface area contributed by atoms with Gasteiger partial charge in [0.25, 0.3) is 0 Å². The third-order valence-electron chi connectivity index (χ3n) is 8.01. The molecule has 3 aliphatic heterocycles. The molecule has 0 aromatic carbocycles. The molecule has 0 N–H and O–H groups in total. The molecule has 0 aromatic heterocycles. The van der Waals surface area contributed by atoms with Gasteiger partial charge in [0, 0.05) is 13.0 Å². The average molecular weight is 498 g/mol. The minimum atomic E-state index is -3.61. The average Bonchev–Trinajstić information content (AvgIpc) is 3.18. The summed E-state index contributed by atoms with van der Waals surface area (Å²) < 4.78 is 25.6. The van der Waals surface area contributed by atoms with Gasteiger partial charge in [0.15, 0.2) is 0 Å². The molecule has 0 unspecified atom stereocenters. The molecule has 0 saturated carbocycles. The molecule has 3 atom stereocenters. The molecule has 7 nitrogen and oxygen atoms in total. The highest BCUT2D eigenvalue weighted by Gasteiger charge is 2.56. The molecule has 2 amide bonds. The van der Waals surface area contributed by atoms with Gasteiger partial charge in [-0.2, -0.15) is 0 Å². The second-order valence-corrected chi connectivity index (χ2v) is 12.6. The Bertz CT molecular complexity index is 764. The quantitative estimate of drug-likeness (QED) is 0.357. The van der Waals surface area contributed by atoms with Crippen LogP contribution in [0.3, 0.4) is 0 Å². The van der Waals surface area contributed by atoms with E-state index in [0.29, 0.717) is 25.8 Å². The number of likely N-dealkylation sites (tertiary alicyclic amines) is 2. The van der Waals surface area contributed by atoms with Gasteiger partial charge in [-0.25, -0.2) is 12.7 Å². The van der Waals surface area contributed by atoms with Crippen molar-refractivity contribution in [3.05, 3.63) is 0 Å². The maximum atomic E-state index is 13.0. The van der Waals surface area contributed by atoms with Gasteiger partial charge in [-0.1, -0.05) is 58.3 Å². The summed E-state index contributed by atoms with van der Waals surface area (Å²) in [5, 5.41) is 0. The monoisotopic (exact) mass is 497 g/mol. The van der Waals surface area contributed by atoms with Crippen LogP contribution in [0.15, 0.2) is 0 Å². The summed E-state index contributed by atoms with van der Waals surface area (Å²) in [6.07, 6.45) is 17.4. The second kappa shape index (κ2) is 13.2. The van der Waals surface area contributed by atoms with Crippen molar-refractivity contribution in [2.45, 2.75) is 115 Å². The zero-order valence-electron chi connectivity index (χ0n) is 21.5. The van der Waals surface area contributed by atoms with Crippen LogP contribution in [-0.4, -0.2) is 78.9 Å². The van der Waals surface area contributed by atoms with Crippen molar-refractivity contribution < 1.29 is 18.0 Å². The Labute approximate surface area is 207 Å². The van der Waals surface area contributed by atoms with Crippen LogP contribution < -0.4 is 0 Å². The van der Waals surface area contributed by atoms with E-state index in [-0.39, 0.29) is 29.8 Å². The van der Waals surface area contributed by atoms with Crippen molar-refractivity contribution in [2.24, 2.45) is 5.92 Å². The Hall–Kier alpha value is -1.15. The van der Waals surface area contributed by atoms with E-state index >= 15 is 0 Å². The Morgan fingerprint density at radius 2 is 1.53 bits per heavy atom. The molecular weight excluding hydrogens is 450 g/mol. The lowest BCUT2D eigenvalue weighted by Gasteiger charge is -2.27. The number of hydrogen-bond acceptors (Lipinski definition) is 5. The fourth-order valence-corrected chi connectivity index (χ4v) is 7.50. The molecule has 3 saturated heterocycles. The van der Waals surface area contributed by atoms with Crippen LogP contribution >= 0.6 is 0 Å². The maximum absolute atomic E-state index is 13.0. The van der Waals surface area contributed by atoms with E-state index in [0.717, 1.165) is 29.8 Å². The van der Waals surface area contributed by atoms with Crippen LogP contribution in [0.2, 0.25) is 0 Å². The summed E-state index contributed by atoms with van der Waals surface area (Å²) in [5.41, 5.74) is 0. The van der Waals surface area contributed by atoms with Gasteiger partial charge in [-0.15, -0.1) is 0 Å². The maximum Gasteiger partial charge on any atom is 0.241 e. The first-order chi connectivity index (χ1) is 16.3. The number of carbonyl (C=O) groups is 2. The summed E-state index contributed by atoms with van der Waals surface area (Å²) >= 11 is 0. The van der Waals surface area contributed by atoms with Crippen LogP contribution in [0.25, 0.3) is 0 Å². The zero-order chi connectivity index (χ0) is 24.6. The first-order valence-electron chi connectivity index (χ1n) is 13.9. The second-order valence-electron chi connectivity index (χ2n) is 10.7. The summed E-state index contributed by atoms with van der Waals surface area (Å²) in [6, 6.07) is -0.656. The number of fused-ring (bicyclic) bond motifs is 1. The summed E-state index contributed by atoms with van der Waals surface area (Å²) in [5.74, 6) is -0.604. The number of carbonyl (C=O) groups excluding carboxylic acids is 2. The number of sulfonamides is 1. The molecular formula is C26H47N3O4S. The summed E-state index contributed by atoms with van der Waals surface area (Å²) in [7, 11) is -3.61. The topological polar surface area (TPSA) is 78.0 Å². The number of nitrogens with zero attached hydrogens (tertiary/aromatic N) is 3. The highest BCUT2D eigenvalue weighted by Crippen LogP contribution is 2.40. The number of rotatable bonds is 13. The third-order valence-corrected chi connectivity index (χ3v) is 9.17. The van der Waals surface area contributed by atoms with E-state index in [1.807, 2.05) is 11.8 Å². The normalized spacial score (nSPS) is 26.2. The van der Waals surface area contributed by atoms with Gasteiger partial charge in [-0.3, -0.25) is 9.59 Å². The fourth-order valence-electron chi connectivity index (χ4n) is 6.32. The molecule has 0 aromatic rings. The lowest BCUT2D eigenvalue weighted by molar-refractivity contribution is -0.134. The Morgan fingerprint density at radius 3 is 2.15 bits per heavy atom. The molecule has 0 aliphatic carbocycles. The molecule has 3 rings (SSSR count). The predicted molar refractivity (Wildman–Crippen MR) is 136 cm³/mol. The number of amides is 2. The van der Waals surface area contributed by atoms with E-state index in [2.05, 4.69) is 4.90 Å². The standard InChI is InChI=1S/C26H47N3O4S/c1-3-15-22-25-23(29(26(22)31)34(2,32)33)17-21-28(25)24(30)16-11-7-5-4-6-8-12-18-27-19-13-9-10-14-20-27/h22-23,25H,3-21H2,1-2H3/t22-,23+,25-/m1/s1. The third kappa shape index (κ3) is 7.19. The molecule has 3 aliphatic rings. The Kier molecular flexibility index (Phi) is 10.7. The van der Waals surface area contributed by atoms with Gasteiger partial charge < -0.3 is 9.80 Å². The summed E-state index contributed by atoms with van der Waals surface area (Å²) in [4.78, 5) is 30.3. The first kappa shape index (κ1) is 27.4. The molecule has 3 heterocycles. The van der Waals surface area contributed by atoms with Crippen LogP contribution in [0.4, 0.5) is 0 Å². The minimum absolute atomic E-state index is 0.0919. The molecule has 0 spiro atoms. The van der Waals surface area contributed by atoms with Crippen molar-refractivity contribution in [3.8, 4) is 0 Å². The van der Waals surface area contributed by atoms with Crippen molar-refractivity contribution in [1.82, 2.24) is 14.1 Å². The van der Waals surface area contributed by atoms with Gasteiger partial charge in [-0.05, 0) is 58.2 Å². The smallest absolute Gasteiger partial charge is 0.241 e. The van der Waals surface area contributed by atoms with Crippen LogP contribution in [0.1, 0.15) is 103 Å². The van der Waals surface area contributed by atoms with E-state index in [1.54, 1.807) is 0 Å². The summed E-state index contributed by atoms with van der Waals surface area (Å²) in [6.45, 7) is 6.38. The zero-order valence-corrected chi connectivity index (χ0v) is 22.4. The van der Waals surface area contributed by atoms with E-state index in [4.69, 9.17) is 0 Å². The molecule has 0 radical (unpaired) electrons. The van der Waals surface area contributed by atoms with E-state index in [9.17, 15) is 18.0 Å². The van der Waals surface area contributed by atoms with Crippen molar-refractivity contribution in [1.29, 1.82) is 0 Å². The van der Waals surface area contributed by atoms with Crippen LogP contribution in [0, 0.1) is 5.92 Å². The highest BCUT2D eigenvalue weighted by atomic mass is 32.2. The Morgan fingerprint density at radius 1 is 0.912 bits per heavy atom. The lowest BCUT2D eigenvalue weighted by atomic mass is 9.94. The van der Waals surface area contributed by atoms with Crippen LogP contribution in [0.5, 0.6) is 0 Å². The highest BCUT2D eigenvalue weighted by molar-refractivity contribution is 7.88. The van der Waals surface area contributed by atoms with E-state index < -0.39 is 10.0 Å². The predicted octanol–water partition coefficient (Wildman–Crippen LogP) is 4.17. The van der Waals surface area contributed by atoms with Gasteiger partial charge in [0.2, 0.25) is 21.8 Å². The van der Waals surface area contributed by atoms with E-state index in [1.165, 1.54) is 77.4 Å². The largest absolute Gasteiger partial charge is 0.337 e. The van der Waals surface area contributed by atoms with Crippen molar-refractivity contribution in [3.63, 3.8) is 0 Å². The molecule has 8 heteroatoms.